The molecule has 0 aromatic heterocycles. The number of rotatable bonds is 4. The second-order valence-electron chi connectivity index (χ2n) is 5.34. The summed E-state index contributed by atoms with van der Waals surface area (Å²) in [7, 11) is -3.88. The van der Waals surface area contributed by atoms with Gasteiger partial charge >= 0.3 is 5.97 Å². The Labute approximate surface area is 133 Å². The summed E-state index contributed by atoms with van der Waals surface area (Å²) in [4.78, 5) is 10.2. The van der Waals surface area contributed by atoms with Gasteiger partial charge in [0.1, 0.15) is 4.90 Å². The molecule has 0 unspecified atom stereocenters. The van der Waals surface area contributed by atoms with E-state index in [4.69, 9.17) is 28.3 Å². The minimum absolute atomic E-state index is 0.0794. The van der Waals surface area contributed by atoms with Crippen LogP contribution in [0.4, 0.5) is 0 Å². The standard InChI is InChI=1S/C13H15Cl2NO4S/c1-13(2,3)16-21(19,20)12-9(14)6-8(7-10(12)15)4-5-11(17)18/h4-7,16H,1-3H3,(H,17,18). The van der Waals surface area contributed by atoms with Crippen LogP contribution < -0.4 is 4.72 Å². The van der Waals surface area contributed by atoms with Gasteiger partial charge in [0.15, 0.2) is 0 Å². The number of hydrogen-bond acceptors (Lipinski definition) is 3. The molecule has 1 rings (SSSR count). The third kappa shape index (κ3) is 5.32. The van der Waals surface area contributed by atoms with Gasteiger partial charge in [-0.15, -0.1) is 0 Å². The molecule has 0 heterocycles. The van der Waals surface area contributed by atoms with Crippen molar-refractivity contribution in [2.24, 2.45) is 0 Å². The fourth-order valence-electron chi connectivity index (χ4n) is 1.55. The van der Waals surface area contributed by atoms with Crippen LogP contribution in [0.25, 0.3) is 6.08 Å². The first-order valence-corrected chi connectivity index (χ1v) is 8.10. The van der Waals surface area contributed by atoms with E-state index in [1.54, 1.807) is 20.8 Å². The summed E-state index contributed by atoms with van der Waals surface area (Å²) in [6, 6.07) is 2.67. The molecular formula is C13H15Cl2NO4S. The lowest BCUT2D eigenvalue weighted by molar-refractivity contribution is -0.131. The van der Waals surface area contributed by atoms with Crippen LogP contribution in [0.15, 0.2) is 23.1 Å². The van der Waals surface area contributed by atoms with Gasteiger partial charge in [-0.3, -0.25) is 0 Å². The number of hydrogen-bond donors (Lipinski definition) is 2. The molecule has 0 aliphatic carbocycles. The summed E-state index contributed by atoms with van der Waals surface area (Å²) < 4.78 is 27.0. The maximum Gasteiger partial charge on any atom is 0.328 e. The van der Waals surface area contributed by atoms with Gasteiger partial charge in [0.2, 0.25) is 10.0 Å². The lowest BCUT2D eigenvalue weighted by Crippen LogP contribution is -2.40. The molecule has 0 aliphatic rings. The Hall–Kier alpha value is -1.08. The summed E-state index contributed by atoms with van der Waals surface area (Å²) in [6.45, 7) is 5.07. The van der Waals surface area contributed by atoms with Crippen LogP contribution in [0.3, 0.4) is 0 Å². The van der Waals surface area contributed by atoms with Crippen LogP contribution in [0, 0.1) is 0 Å². The molecule has 0 spiro atoms. The lowest BCUT2D eigenvalue weighted by atomic mass is 10.1. The first-order chi connectivity index (χ1) is 9.42. The number of benzene rings is 1. The smallest absolute Gasteiger partial charge is 0.328 e. The molecule has 21 heavy (non-hydrogen) atoms. The zero-order valence-corrected chi connectivity index (χ0v) is 14.0. The summed E-state index contributed by atoms with van der Waals surface area (Å²) in [5, 5.41) is 8.41. The van der Waals surface area contributed by atoms with Gasteiger partial charge in [-0.05, 0) is 44.5 Å². The number of sulfonamides is 1. The maximum atomic E-state index is 12.3. The maximum absolute atomic E-state index is 12.3. The van der Waals surface area contributed by atoms with Crippen molar-refractivity contribution >= 4 is 45.3 Å². The van der Waals surface area contributed by atoms with Crippen molar-refractivity contribution in [3.8, 4) is 0 Å². The quantitative estimate of drug-likeness (QED) is 0.816. The lowest BCUT2D eigenvalue weighted by Gasteiger charge is -2.21. The molecule has 0 saturated heterocycles. The molecule has 0 atom stereocenters. The highest BCUT2D eigenvalue weighted by Gasteiger charge is 2.27. The molecule has 0 fully saturated rings. The van der Waals surface area contributed by atoms with Gasteiger partial charge in [0.05, 0.1) is 10.0 Å². The van der Waals surface area contributed by atoms with E-state index < -0.39 is 21.5 Å². The molecule has 0 bridgehead atoms. The van der Waals surface area contributed by atoms with E-state index in [1.807, 2.05) is 0 Å². The molecule has 0 aliphatic heterocycles. The monoisotopic (exact) mass is 351 g/mol. The van der Waals surface area contributed by atoms with Crippen molar-refractivity contribution in [3.63, 3.8) is 0 Å². The number of nitrogens with one attached hydrogen (secondary N) is 1. The fourth-order valence-corrected chi connectivity index (χ4v) is 4.21. The average molecular weight is 352 g/mol. The van der Waals surface area contributed by atoms with Crippen molar-refractivity contribution in [3.05, 3.63) is 33.8 Å². The number of halogens is 2. The Morgan fingerprint density at radius 3 is 2.10 bits per heavy atom. The molecule has 5 nitrogen and oxygen atoms in total. The highest BCUT2D eigenvalue weighted by Crippen LogP contribution is 2.32. The summed E-state index contributed by atoms with van der Waals surface area (Å²) in [5.74, 6) is -1.13. The molecule has 0 saturated carbocycles. The third-order valence-corrected chi connectivity index (χ3v) is 4.83. The number of carboxylic acid groups (broad SMARTS) is 1. The average Bonchev–Trinajstić information content (AvgIpc) is 2.21. The van der Waals surface area contributed by atoms with E-state index in [2.05, 4.69) is 4.72 Å². The Morgan fingerprint density at radius 1 is 1.24 bits per heavy atom. The Morgan fingerprint density at radius 2 is 1.71 bits per heavy atom. The Kier molecular flexibility index (Phi) is 5.44. The number of carboxylic acids is 1. The van der Waals surface area contributed by atoms with Gasteiger partial charge in [0, 0.05) is 11.6 Å². The topological polar surface area (TPSA) is 83.5 Å². The minimum Gasteiger partial charge on any atom is -0.478 e. The normalized spacial score (nSPS) is 12.8. The van der Waals surface area contributed by atoms with Crippen LogP contribution in [0.5, 0.6) is 0 Å². The Balaban J connectivity index is 3.31. The van der Waals surface area contributed by atoms with Crippen molar-refractivity contribution < 1.29 is 18.3 Å². The van der Waals surface area contributed by atoms with E-state index in [0.717, 1.165) is 6.08 Å². The number of carbonyl (C=O) groups is 1. The molecule has 1 aromatic carbocycles. The van der Waals surface area contributed by atoms with E-state index in [9.17, 15) is 13.2 Å². The molecule has 2 N–H and O–H groups in total. The van der Waals surface area contributed by atoms with Gasteiger partial charge < -0.3 is 5.11 Å². The highest BCUT2D eigenvalue weighted by atomic mass is 35.5. The molecule has 0 radical (unpaired) electrons. The molecule has 0 amide bonds. The second-order valence-corrected chi connectivity index (χ2v) is 7.77. The summed E-state index contributed by atoms with van der Waals surface area (Å²) in [6.07, 6.45) is 2.18. The second kappa shape index (κ2) is 6.36. The zero-order valence-electron chi connectivity index (χ0n) is 11.6. The van der Waals surface area contributed by atoms with Crippen molar-refractivity contribution in [2.45, 2.75) is 31.2 Å². The molecule has 8 heteroatoms. The predicted octanol–water partition coefficient (Wildman–Crippen LogP) is 3.17. The van der Waals surface area contributed by atoms with E-state index in [-0.39, 0.29) is 14.9 Å². The number of aliphatic carboxylic acids is 1. The van der Waals surface area contributed by atoms with E-state index in [1.165, 1.54) is 18.2 Å². The van der Waals surface area contributed by atoms with Crippen molar-refractivity contribution in [1.29, 1.82) is 0 Å². The Bertz CT molecular complexity index is 668. The van der Waals surface area contributed by atoms with Crippen LogP contribution in [-0.4, -0.2) is 25.0 Å². The van der Waals surface area contributed by atoms with Crippen LogP contribution in [0.2, 0.25) is 10.0 Å². The van der Waals surface area contributed by atoms with Gasteiger partial charge in [0.25, 0.3) is 0 Å². The van der Waals surface area contributed by atoms with E-state index in [0.29, 0.717) is 5.56 Å². The SMILES string of the molecule is CC(C)(C)NS(=O)(=O)c1c(Cl)cc(C=CC(=O)O)cc1Cl. The largest absolute Gasteiger partial charge is 0.478 e. The van der Waals surface area contributed by atoms with Crippen LogP contribution in [0.1, 0.15) is 26.3 Å². The minimum atomic E-state index is -3.88. The van der Waals surface area contributed by atoms with E-state index >= 15 is 0 Å². The fraction of sp³-hybridized carbons (Fsp3) is 0.308. The van der Waals surface area contributed by atoms with Crippen molar-refractivity contribution in [1.82, 2.24) is 4.72 Å². The summed E-state index contributed by atoms with van der Waals surface area (Å²) >= 11 is 12.0. The molecular weight excluding hydrogens is 337 g/mol. The third-order valence-electron chi connectivity index (χ3n) is 2.15. The molecule has 1 aromatic rings. The first kappa shape index (κ1) is 18.0. The van der Waals surface area contributed by atoms with Gasteiger partial charge in [-0.1, -0.05) is 23.2 Å². The van der Waals surface area contributed by atoms with Gasteiger partial charge in [-0.25, -0.2) is 17.9 Å². The zero-order chi connectivity index (χ0) is 16.4. The first-order valence-electron chi connectivity index (χ1n) is 5.86. The van der Waals surface area contributed by atoms with Crippen molar-refractivity contribution in [2.75, 3.05) is 0 Å². The van der Waals surface area contributed by atoms with Crippen LogP contribution in [-0.2, 0) is 14.8 Å². The predicted molar refractivity (Wildman–Crippen MR) is 83.2 cm³/mol. The van der Waals surface area contributed by atoms with Crippen LogP contribution >= 0.6 is 23.2 Å². The molecule has 116 valence electrons. The van der Waals surface area contributed by atoms with Gasteiger partial charge in [-0.2, -0.15) is 0 Å². The highest BCUT2D eigenvalue weighted by molar-refractivity contribution is 7.89. The summed E-state index contributed by atoms with van der Waals surface area (Å²) in [5.41, 5.74) is -0.296.